The molecule has 0 spiro atoms. The Morgan fingerprint density at radius 1 is 1.04 bits per heavy atom. The molecule has 1 aliphatic carbocycles. The van der Waals surface area contributed by atoms with Crippen LogP contribution in [0.15, 0.2) is 48.5 Å². The Bertz CT molecular complexity index is 779. The van der Waals surface area contributed by atoms with E-state index in [2.05, 4.69) is 24.5 Å². The molecule has 4 nitrogen and oxygen atoms in total. The number of benzene rings is 2. The van der Waals surface area contributed by atoms with E-state index in [0.717, 1.165) is 24.8 Å². The van der Waals surface area contributed by atoms with E-state index in [9.17, 15) is 9.59 Å². The number of carbonyl (C=O) groups is 2. The monoisotopic (exact) mass is 336 g/mol. The molecule has 1 aliphatic rings. The van der Waals surface area contributed by atoms with Crippen LogP contribution in [0.2, 0.25) is 0 Å². The van der Waals surface area contributed by atoms with Crippen LogP contribution in [0.3, 0.4) is 0 Å². The second-order valence-corrected chi connectivity index (χ2v) is 7.04. The highest BCUT2D eigenvalue weighted by atomic mass is 16.2. The normalized spacial score (nSPS) is 13.6. The lowest BCUT2D eigenvalue weighted by Crippen LogP contribution is -2.25. The van der Waals surface area contributed by atoms with E-state index in [1.165, 1.54) is 0 Å². The molecule has 3 rings (SSSR count). The molecular formula is C21H24N2O2. The minimum atomic E-state index is -0.143. The molecule has 1 fully saturated rings. The van der Waals surface area contributed by atoms with Gasteiger partial charge in [-0.2, -0.15) is 0 Å². The highest BCUT2D eigenvalue weighted by Crippen LogP contribution is 2.20. The van der Waals surface area contributed by atoms with E-state index in [-0.39, 0.29) is 11.8 Å². The Hall–Kier alpha value is -2.62. The van der Waals surface area contributed by atoms with Crippen LogP contribution in [-0.4, -0.2) is 17.9 Å². The maximum absolute atomic E-state index is 12.7. The Labute approximate surface area is 148 Å². The van der Waals surface area contributed by atoms with E-state index in [1.807, 2.05) is 24.3 Å². The van der Waals surface area contributed by atoms with Crippen LogP contribution in [0.5, 0.6) is 0 Å². The maximum Gasteiger partial charge on any atom is 0.255 e. The summed E-state index contributed by atoms with van der Waals surface area (Å²) in [4.78, 5) is 24.8. The van der Waals surface area contributed by atoms with Gasteiger partial charge in [-0.1, -0.05) is 38.1 Å². The molecule has 2 aromatic rings. The van der Waals surface area contributed by atoms with Crippen molar-refractivity contribution in [1.29, 1.82) is 0 Å². The van der Waals surface area contributed by atoms with Gasteiger partial charge >= 0.3 is 0 Å². The van der Waals surface area contributed by atoms with Gasteiger partial charge in [0.2, 0.25) is 0 Å². The summed E-state index contributed by atoms with van der Waals surface area (Å²) in [5, 5.41) is 5.88. The molecule has 0 unspecified atom stereocenters. The van der Waals surface area contributed by atoms with Crippen LogP contribution in [0.4, 0.5) is 5.69 Å². The first kappa shape index (κ1) is 17.2. The van der Waals surface area contributed by atoms with Crippen molar-refractivity contribution in [2.45, 2.75) is 39.2 Å². The average Bonchev–Trinajstić information content (AvgIpc) is 3.39. The topological polar surface area (TPSA) is 58.2 Å². The van der Waals surface area contributed by atoms with E-state index in [0.29, 0.717) is 28.8 Å². The third kappa shape index (κ3) is 4.69. The van der Waals surface area contributed by atoms with Crippen molar-refractivity contribution in [3.05, 3.63) is 65.2 Å². The van der Waals surface area contributed by atoms with Gasteiger partial charge in [0.15, 0.2) is 0 Å². The summed E-state index contributed by atoms with van der Waals surface area (Å²) in [6.07, 6.45) is 2.96. The number of hydrogen-bond donors (Lipinski definition) is 2. The largest absolute Gasteiger partial charge is 0.349 e. The Balaban J connectivity index is 1.74. The minimum Gasteiger partial charge on any atom is -0.349 e. The van der Waals surface area contributed by atoms with Gasteiger partial charge in [-0.3, -0.25) is 9.59 Å². The number of hydrogen-bond acceptors (Lipinski definition) is 2. The van der Waals surface area contributed by atoms with E-state index in [1.54, 1.807) is 24.3 Å². The molecule has 0 atom stereocenters. The van der Waals surface area contributed by atoms with Gasteiger partial charge in [0, 0.05) is 22.9 Å². The van der Waals surface area contributed by atoms with Crippen molar-refractivity contribution in [2.75, 3.05) is 5.32 Å². The Kier molecular flexibility index (Phi) is 5.17. The third-order valence-electron chi connectivity index (χ3n) is 4.19. The number of amides is 2. The Morgan fingerprint density at radius 2 is 1.80 bits per heavy atom. The van der Waals surface area contributed by atoms with Crippen LogP contribution in [0.1, 0.15) is 53.0 Å². The number of anilines is 1. The fourth-order valence-corrected chi connectivity index (χ4v) is 2.79. The highest BCUT2D eigenvalue weighted by Gasteiger charge is 2.23. The van der Waals surface area contributed by atoms with Crippen molar-refractivity contribution in [3.63, 3.8) is 0 Å². The van der Waals surface area contributed by atoms with Crippen LogP contribution in [0, 0.1) is 5.92 Å². The standard InChI is InChI=1S/C21H24N2O2/c1-14(2)12-15-6-3-4-9-19(15)21(25)23-18-8-5-7-16(13-18)20(24)22-17-10-11-17/h3-9,13-14,17H,10-12H2,1-2H3,(H,22,24)(H,23,25). The molecule has 2 aromatic carbocycles. The van der Waals surface area contributed by atoms with Gasteiger partial charge < -0.3 is 10.6 Å². The minimum absolute atomic E-state index is 0.0844. The van der Waals surface area contributed by atoms with Crippen molar-refractivity contribution in [2.24, 2.45) is 5.92 Å². The zero-order chi connectivity index (χ0) is 17.8. The number of rotatable bonds is 6. The zero-order valence-electron chi connectivity index (χ0n) is 14.7. The summed E-state index contributed by atoms with van der Waals surface area (Å²) in [6, 6.07) is 15.1. The molecule has 2 amide bonds. The Morgan fingerprint density at radius 3 is 2.52 bits per heavy atom. The fraction of sp³-hybridized carbons (Fsp3) is 0.333. The van der Waals surface area contributed by atoms with Gasteiger partial charge in [-0.25, -0.2) is 0 Å². The van der Waals surface area contributed by atoms with Crippen molar-refractivity contribution < 1.29 is 9.59 Å². The molecule has 0 aromatic heterocycles. The maximum atomic E-state index is 12.7. The smallest absolute Gasteiger partial charge is 0.255 e. The fourth-order valence-electron chi connectivity index (χ4n) is 2.79. The van der Waals surface area contributed by atoms with Crippen molar-refractivity contribution in [1.82, 2.24) is 5.32 Å². The van der Waals surface area contributed by atoms with Gasteiger partial charge in [0.1, 0.15) is 0 Å². The van der Waals surface area contributed by atoms with Crippen LogP contribution in [-0.2, 0) is 6.42 Å². The van der Waals surface area contributed by atoms with Crippen molar-refractivity contribution >= 4 is 17.5 Å². The first-order chi connectivity index (χ1) is 12.0. The molecule has 0 aliphatic heterocycles. The molecule has 1 saturated carbocycles. The highest BCUT2D eigenvalue weighted by molar-refractivity contribution is 6.06. The second kappa shape index (κ2) is 7.51. The molecular weight excluding hydrogens is 312 g/mol. The summed E-state index contributed by atoms with van der Waals surface area (Å²) in [5.41, 5.74) is 2.93. The summed E-state index contributed by atoms with van der Waals surface area (Å²) in [6.45, 7) is 4.27. The molecule has 0 radical (unpaired) electrons. The molecule has 4 heteroatoms. The summed E-state index contributed by atoms with van der Waals surface area (Å²) < 4.78 is 0. The van der Waals surface area contributed by atoms with Crippen LogP contribution >= 0.6 is 0 Å². The number of carbonyl (C=O) groups excluding carboxylic acids is 2. The predicted molar refractivity (Wildman–Crippen MR) is 99.9 cm³/mol. The van der Waals surface area contributed by atoms with E-state index < -0.39 is 0 Å². The van der Waals surface area contributed by atoms with Gasteiger partial charge in [0.25, 0.3) is 11.8 Å². The molecule has 25 heavy (non-hydrogen) atoms. The lowest BCUT2D eigenvalue weighted by molar-refractivity contribution is 0.0949. The third-order valence-corrected chi connectivity index (χ3v) is 4.19. The molecule has 0 saturated heterocycles. The first-order valence-electron chi connectivity index (χ1n) is 8.83. The van der Waals surface area contributed by atoms with Crippen LogP contribution < -0.4 is 10.6 Å². The molecule has 130 valence electrons. The summed E-state index contributed by atoms with van der Waals surface area (Å²) >= 11 is 0. The van der Waals surface area contributed by atoms with Gasteiger partial charge in [-0.05, 0) is 55.0 Å². The van der Waals surface area contributed by atoms with E-state index in [4.69, 9.17) is 0 Å². The first-order valence-corrected chi connectivity index (χ1v) is 8.83. The SMILES string of the molecule is CC(C)Cc1ccccc1C(=O)Nc1cccc(C(=O)NC2CC2)c1. The van der Waals surface area contributed by atoms with Gasteiger partial charge in [-0.15, -0.1) is 0 Å². The lowest BCUT2D eigenvalue weighted by Gasteiger charge is -2.12. The molecule has 0 bridgehead atoms. The second-order valence-electron chi connectivity index (χ2n) is 7.04. The predicted octanol–water partition coefficient (Wildman–Crippen LogP) is 4.03. The number of nitrogens with one attached hydrogen (secondary N) is 2. The average molecular weight is 336 g/mol. The van der Waals surface area contributed by atoms with Crippen LogP contribution in [0.25, 0.3) is 0 Å². The lowest BCUT2D eigenvalue weighted by atomic mass is 9.97. The quantitative estimate of drug-likeness (QED) is 0.837. The molecule has 2 N–H and O–H groups in total. The summed E-state index contributed by atoms with van der Waals surface area (Å²) in [5.74, 6) is 0.248. The molecule has 0 heterocycles. The van der Waals surface area contributed by atoms with Crippen molar-refractivity contribution in [3.8, 4) is 0 Å². The zero-order valence-corrected chi connectivity index (χ0v) is 14.7. The summed E-state index contributed by atoms with van der Waals surface area (Å²) in [7, 11) is 0. The van der Waals surface area contributed by atoms with E-state index >= 15 is 0 Å². The van der Waals surface area contributed by atoms with Gasteiger partial charge in [0.05, 0.1) is 0 Å².